The van der Waals surface area contributed by atoms with Crippen LogP contribution in [0.25, 0.3) is 0 Å². The Balaban J connectivity index is 1.62. The van der Waals surface area contributed by atoms with Crippen LogP contribution in [0.15, 0.2) is 60.8 Å². The molecule has 6 nitrogen and oxygen atoms in total. The number of hydrogen-bond donors (Lipinski definition) is 2. The first-order valence-electron chi connectivity index (χ1n) is 8.57. The van der Waals surface area contributed by atoms with Crippen molar-refractivity contribution in [2.45, 2.75) is 6.54 Å². The van der Waals surface area contributed by atoms with E-state index in [9.17, 15) is 9.18 Å². The van der Waals surface area contributed by atoms with Crippen molar-refractivity contribution in [2.75, 3.05) is 24.9 Å². The number of halogens is 1. The number of amides is 1. The zero-order chi connectivity index (χ0) is 19.9. The summed E-state index contributed by atoms with van der Waals surface area (Å²) in [7, 11) is 3.04. The van der Waals surface area contributed by atoms with E-state index in [1.807, 2.05) is 0 Å². The van der Waals surface area contributed by atoms with E-state index in [4.69, 9.17) is 9.47 Å². The lowest BCUT2D eigenvalue weighted by molar-refractivity contribution is 0.102. The summed E-state index contributed by atoms with van der Waals surface area (Å²) in [5, 5.41) is 5.82. The molecule has 7 heteroatoms. The van der Waals surface area contributed by atoms with Gasteiger partial charge in [-0.05, 0) is 36.4 Å². The first-order chi connectivity index (χ1) is 13.6. The second-order valence-electron chi connectivity index (χ2n) is 5.90. The molecule has 0 saturated carbocycles. The summed E-state index contributed by atoms with van der Waals surface area (Å²) in [6.07, 6.45) is 1.53. The molecule has 3 rings (SSSR count). The van der Waals surface area contributed by atoms with Crippen molar-refractivity contribution in [1.82, 2.24) is 4.98 Å². The standard InChI is InChI=1S/C21H20FN3O3/c1-27-18-9-7-14(11-19(18)28-2)21(26)25-16-8-10-20(24-13-16)23-12-15-5-3-4-6-17(15)22/h3-11,13H,12H2,1-2H3,(H,23,24)(H,25,26). The summed E-state index contributed by atoms with van der Waals surface area (Å²) in [6, 6.07) is 14.9. The molecule has 0 aliphatic heterocycles. The van der Waals surface area contributed by atoms with Crippen molar-refractivity contribution in [3.63, 3.8) is 0 Å². The zero-order valence-corrected chi connectivity index (χ0v) is 15.5. The number of rotatable bonds is 7. The highest BCUT2D eigenvalue weighted by Crippen LogP contribution is 2.27. The highest BCUT2D eigenvalue weighted by atomic mass is 19.1. The number of carbonyl (C=O) groups is 1. The SMILES string of the molecule is COc1ccc(C(=O)Nc2ccc(NCc3ccccc3F)nc2)cc1OC. The Bertz CT molecular complexity index is 961. The van der Waals surface area contributed by atoms with Crippen molar-refractivity contribution in [2.24, 2.45) is 0 Å². The highest BCUT2D eigenvalue weighted by molar-refractivity contribution is 6.04. The Hall–Kier alpha value is -3.61. The molecule has 0 bridgehead atoms. The minimum absolute atomic E-state index is 0.270. The molecular formula is C21H20FN3O3. The normalized spacial score (nSPS) is 10.2. The Morgan fingerprint density at radius 3 is 2.50 bits per heavy atom. The Labute approximate surface area is 162 Å². The number of hydrogen-bond acceptors (Lipinski definition) is 5. The van der Waals surface area contributed by atoms with Crippen LogP contribution in [0, 0.1) is 5.82 Å². The summed E-state index contributed by atoms with van der Waals surface area (Å²) < 4.78 is 24.0. The van der Waals surface area contributed by atoms with Crippen LogP contribution in [-0.2, 0) is 6.54 Å². The average Bonchev–Trinajstić information content (AvgIpc) is 2.73. The number of ether oxygens (including phenoxy) is 2. The van der Waals surface area contributed by atoms with Gasteiger partial charge in [0.2, 0.25) is 0 Å². The fourth-order valence-electron chi connectivity index (χ4n) is 2.58. The van der Waals surface area contributed by atoms with E-state index < -0.39 is 0 Å². The summed E-state index contributed by atoms with van der Waals surface area (Å²) in [5.41, 5.74) is 1.52. The minimum atomic E-state index is -0.296. The molecule has 0 aliphatic carbocycles. The third kappa shape index (κ3) is 4.56. The van der Waals surface area contributed by atoms with Crippen LogP contribution >= 0.6 is 0 Å². The lowest BCUT2D eigenvalue weighted by Crippen LogP contribution is -2.12. The third-order valence-electron chi connectivity index (χ3n) is 4.08. The third-order valence-corrected chi connectivity index (χ3v) is 4.08. The maximum atomic E-state index is 13.6. The van der Waals surface area contributed by atoms with Crippen molar-refractivity contribution in [3.8, 4) is 11.5 Å². The molecule has 0 unspecified atom stereocenters. The van der Waals surface area contributed by atoms with E-state index in [1.54, 1.807) is 48.5 Å². The molecule has 3 aromatic rings. The first-order valence-corrected chi connectivity index (χ1v) is 8.57. The molecule has 0 atom stereocenters. The van der Waals surface area contributed by atoms with E-state index in [0.717, 1.165) is 0 Å². The van der Waals surface area contributed by atoms with Crippen molar-refractivity contribution < 1.29 is 18.7 Å². The average molecular weight is 381 g/mol. The quantitative estimate of drug-likeness (QED) is 0.645. The molecule has 0 fully saturated rings. The van der Waals surface area contributed by atoms with Gasteiger partial charge in [0.15, 0.2) is 11.5 Å². The Morgan fingerprint density at radius 1 is 1.04 bits per heavy atom. The summed E-state index contributed by atoms with van der Waals surface area (Å²) in [5.74, 6) is 1.03. The van der Waals surface area contributed by atoms with Gasteiger partial charge in [0, 0.05) is 17.7 Å². The summed E-state index contributed by atoms with van der Waals surface area (Å²) in [6.45, 7) is 0.316. The van der Waals surface area contributed by atoms with Gasteiger partial charge in [-0.25, -0.2) is 9.37 Å². The van der Waals surface area contributed by atoms with Crippen LogP contribution in [0.2, 0.25) is 0 Å². The van der Waals surface area contributed by atoms with Gasteiger partial charge >= 0.3 is 0 Å². The largest absolute Gasteiger partial charge is 0.493 e. The van der Waals surface area contributed by atoms with Gasteiger partial charge < -0.3 is 20.1 Å². The van der Waals surface area contributed by atoms with Gasteiger partial charge in [-0.15, -0.1) is 0 Å². The van der Waals surface area contributed by atoms with E-state index in [0.29, 0.717) is 40.7 Å². The number of methoxy groups -OCH3 is 2. The molecule has 1 amide bonds. The lowest BCUT2D eigenvalue weighted by Gasteiger charge is -2.10. The molecule has 1 heterocycles. The number of pyridine rings is 1. The second kappa shape index (κ2) is 8.85. The predicted molar refractivity (Wildman–Crippen MR) is 105 cm³/mol. The molecule has 0 saturated heterocycles. The number of carbonyl (C=O) groups excluding carboxylic acids is 1. The molecule has 28 heavy (non-hydrogen) atoms. The molecule has 0 spiro atoms. The van der Waals surface area contributed by atoms with E-state index in [2.05, 4.69) is 15.6 Å². The van der Waals surface area contributed by atoms with Crippen molar-refractivity contribution in [3.05, 3.63) is 77.7 Å². The summed E-state index contributed by atoms with van der Waals surface area (Å²) in [4.78, 5) is 16.7. The molecule has 0 radical (unpaired) electrons. The van der Waals surface area contributed by atoms with Crippen LogP contribution < -0.4 is 20.1 Å². The van der Waals surface area contributed by atoms with Crippen molar-refractivity contribution >= 4 is 17.4 Å². The number of nitrogens with one attached hydrogen (secondary N) is 2. The number of anilines is 2. The predicted octanol–water partition coefficient (Wildman–Crippen LogP) is 4.10. The fraction of sp³-hybridized carbons (Fsp3) is 0.143. The molecule has 0 aliphatic rings. The van der Waals surface area contributed by atoms with Gasteiger partial charge in [-0.1, -0.05) is 18.2 Å². The fourth-order valence-corrected chi connectivity index (χ4v) is 2.58. The van der Waals surface area contributed by atoms with Gasteiger partial charge in [-0.2, -0.15) is 0 Å². The second-order valence-corrected chi connectivity index (χ2v) is 5.90. The summed E-state index contributed by atoms with van der Waals surface area (Å²) >= 11 is 0. The van der Waals surface area contributed by atoms with E-state index in [-0.39, 0.29) is 11.7 Å². The smallest absolute Gasteiger partial charge is 0.255 e. The molecule has 144 valence electrons. The van der Waals surface area contributed by atoms with Crippen molar-refractivity contribution in [1.29, 1.82) is 0 Å². The van der Waals surface area contributed by atoms with E-state index >= 15 is 0 Å². The minimum Gasteiger partial charge on any atom is -0.493 e. The Kier molecular flexibility index (Phi) is 6.06. The molecule has 1 aromatic heterocycles. The topological polar surface area (TPSA) is 72.5 Å². The number of nitrogens with zero attached hydrogens (tertiary/aromatic N) is 1. The molecule has 2 N–H and O–H groups in total. The number of aromatic nitrogens is 1. The van der Waals surface area contributed by atoms with Gasteiger partial charge in [0.1, 0.15) is 11.6 Å². The van der Waals surface area contributed by atoms with Gasteiger partial charge in [0.25, 0.3) is 5.91 Å². The maximum Gasteiger partial charge on any atom is 0.255 e. The highest BCUT2D eigenvalue weighted by Gasteiger charge is 2.11. The molecular weight excluding hydrogens is 361 g/mol. The zero-order valence-electron chi connectivity index (χ0n) is 15.5. The number of benzene rings is 2. The first kappa shape index (κ1) is 19.2. The van der Waals surface area contributed by atoms with Crippen LogP contribution in [0.3, 0.4) is 0 Å². The van der Waals surface area contributed by atoms with Gasteiger partial charge in [-0.3, -0.25) is 4.79 Å². The van der Waals surface area contributed by atoms with Crippen LogP contribution in [0.1, 0.15) is 15.9 Å². The monoisotopic (exact) mass is 381 g/mol. The van der Waals surface area contributed by atoms with E-state index in [1.165, 1.54) is 26.5 Å². The molecule has 2 aromatic carbocycles. The van der Waals surface area contributed by atoms with Crippen LogP contribution in [-0.4, -0.2) is 25.1 Å². The van der Waals surface area contributed by atoms with Gasteiger partial charge in [0.05, 0.1) is 26.1 Å². The van der Waals surface area contributed by atoms with Crippen LogP contribution in [0.5, 0.6) is 11.5 Å². The lowest BCUT2D eigenvalue weighted by atomic mass is 10.2. The van der Waals surface area contributed by atoms with Crippen LogP contribution in [0.4, 0.5) is 15.9 Å². The Morgan fingerprint density at radius 2 is 1.82 bits per heavy atom. The maximum absolute atomic E-state index is 13.6.